The fourth-order valence-corrected chi connectivity index (χ4v) is 2.08. The van der Waals surface area contributed by atoms with Gasteiger partial charge in [-0.25, -0.2) is 0 Å². The first-order chi connectivity index (χ1) is 11.6. The minimum Gasteiger partial charge on any atom is -0.497 e. The SMILES string of the molecule is CCC(=O)Nc1cccc(C(=O)Nc2ccc(OC)cc2OC)c1. The Morgan fingerprint density at radius 3 is 2.46 bits per heavy atom. The molecule has 126 valence electrons. The smallest absolute Gasteiger partial charge is 0.255 e. The summed E-state index contributed by atoms with van der Waals surface area (Å²) in [4.78, 5) is 23.9. The van der Waals surface area contributed by atoms with Crippen LogP contribution in [0.5, 0.6) is 11.5 Å². The van der Waals surface area contributed by atoms with Gasteiger partial charge in [-0.3, -0.25) is 9.59 Å². The maximum absolute atomic E-state index is 12.4. The second kappa shape index (κ2) is 8.01. The number of methoxy groups -OCH3 is 2. The summed E-state index contributed by atoms with van der Waals surface area (Å²) >= 11 is 0. The van der Waals surface area contributed by atoms with Crippen LogP contribution >= 0.6 is 0 Å². The van der Waals surface area contributed by atoms with Gasteiger partial charge < -0.3 is 20.1 Å². The molecule has 0 aliphatic rings. The zero-order chi connectivity index (χ0) is 17.5. The average molecular weight is 328 g/mol. The van der Waals surface area contributed by atoms with Crippen LogP contribution in [0.1, 0.15) is 23.7 Å². The van der Waals surface area contributed by atoms with Crippen LogP contribution in [0.2, 0.25) is 0 Å². The van der Waals surface area contributed by atoms with Gasteiger partial charge in [0.1, 0.15) is 11.5 Å². The number of hydrogen-bond donors (Lipinski definition) is 2. The van der Waals surface area contributed by atoms with Gasteiger partial charge in [0, 0.05) is 23.7 Å². The Balaban J connectivity index is 2.18. The van der Waals surface area contributed by atoms with E-state index in [-0.39, 0.29) is 11.8 Å². The van der Waals surface area contributed by atoms with Crippen molar-refractivity contribution in [3.8, 4) is 11.5 Å². The molecule has 2 amide bonds. The minimum absolute atomic E-state index is 0.107. The van der Waals surface area contributed by atoms with Gasteiger partial charge in [0.25, 0.3) is 5.91 Å². The molecule has 0 fully saturated rings. The first kappa shape index (κ1) is 17.3. The first-order valence-electron chi connectivity index (χ1n) is 7.50. The van der Waals surface area contributed by atoms with Gasteiger partial charge >= 0.3 is 0 Å². The van der Waals surface area contributed by atoms with E-state index < -0.39 is 0 Å². The fraction of sp³-hybridized carbons (Fsp3) is 0.222. The molecule has 6 nitrogen and oxygen atoms in total. The van der Waals surface area contributed by atoms with Crippen molar-refractivity contribution in [1.82, 2.24) is 0 Å². The lowest BCUT2D eigenvalue weighted by Crippen LogP contribution is -2.14. The van der Waals surface area contributed by atoms with Gasteiger partial charge in [0.05, 0.1) is 19.9 Å². The number of benzene rings is 2. The van der Waals surface area contributed by atoms with Gasteiger partial charge in [-0.2, -0.15) is 0 Å². The molecule has 0 heterocycles. The van der Waals surface area contributed by atoms with Crippen molar-refractivity contribution in [2.45, 2.75) is 13.3 Å². The van der Waals surface area contributed by atoms with Gasteiger partial charge in [0.15, 0.2) is 0 Å². The molecular weight excluding hydrogens is 308 g/mol. The van der Waals surface area contributed by atoms with Crippen LogP contribution in [-0.4, -0.2) is 26.0 Å². The predicted molar refractivity (Wildman–Crippen MR) is 92.9 cm³/mol. The Morgan fingerprint density at radius 2 is 1.79 bits per heavy atom. The molecule has 24 heavy (non-hydrogen) atoms. The van der Waals surface area contributed by atoms with Gasteiger partial charge in [0.2, 0.25) is 5.91 Å². The Hall–Kier alpha value is -3.02. The molecule has 0 spiro atoms. The molecule has 0 bridgehead atoms. The van der Waals surface area contributed by atoms with Crippen molar-refractivity contribution >= 4 is 23.2 Å². The second-order valence-electron chi connectivity index (χ2n) is 5.00. The van der Waals surface area contributed by atoms with E-state index in [2.05, 4.69) is 10.6 Å². The minimum atomic E-state index is -0.300. The molecule has 2 aromatic rings. The standard InChI is InChI=1S/C18H20N2O4/c1-4-17(21)19-13-7-5-6-12(10-13)18(22)20-15-9-8-14(23-2)11-16(15)24-3/h5-11H,4H2,1-3H3,(H,19,21)(H,20,22). The molecule has 6 heteroatoms. The Kier molecular flexibility index (Phi) is 5.78. The van der Waals surface area contributed by atoms with E-state index in [0.29, 0.717) is 34.9 Å². The van der Waals surface area contributed by atoms with Gasteiger partial charge in [-0.1, -0.05) is 13.0 Å². The Morgan fingerprint density at radius 1 is 1.00 bits per heavy atom. The second-order valence-corrected chi connectivity index (χ2v) is 5.00. The number of ether oxygens (including phenoxy) is 2. The molecule has 0 aliphatic heterocycles. The van der Waals surface area contributed by atoms with E-state index in [0.717, 1.165) is 0 Å². The molecule has 0 atom stereocenters. The summed E-state index contributed by atoms with van der Waals surface area (Å²) < 4.78 is 10.4. The zero-order valence-corrected chi connectivity index (χ0v) is 13.9. The average Bonchev–Trinajstić information content (AvgIpc) is 2.62. The third-order valence-electron chi connectivity index (χ3n) is 3.39. The van der Waals surface area contributed by atoms with Crippen molar-refractivity contribution in [1.29, 1.82) is 0 Å². The highest BCUT2D eigenvalue weighted by atomic mass is 16.5. The van der Waals surface area contributed by atoms with E-state index >= 15 is 0 Å². The van der Waals surface area contributed by atoms with Gasteiger partial charge in [-0.05, 0) is 30.3 Å². The number of carbonyl (C=O) groups excluding carboxylic acids is 2. The van der Waals surface area contributed by atoms with E-state index in [4.69, 9.17) is 9.47 Å². The molecule has 0 radical (unpaired) electrons. The predicted octanol–water partition coefficient (Wildman–Crippen LogP) is 3.30. The highest BCUT2D eigenvalue weighted by Gasteiger charge is 2.11. The maximum Gasteiger partial charge on any atom is 0.255 e. The van der Waals surface area contributed by atoms with Crippen LogP contribution in [0.15, 0.2) is 42.5 Å². The first-order valence-corrected chi connectivity index (χ1v) is 7.50. The highest BCUT2D eigenvalue weighted by molar-refractivity contribution is 6.06. The monoisotopic (exact) mass is 328 g/mol. The lowest BCUT2D eigenvalue weighted by atomic mass is 10.1. The van der Waals surface area contributed by atoms with Crippen LogP contribution < -0.4 is 20.1 Å². The summed E-state index contributed by atoms with van der Waals surface area (Å²) in [5, 5.41) is 5.52. The van der Waals surface area contributed by atoms with Crippen LogP contribution in [0.3, 0.4) is 0 Å². The quantitative estimate of drug-likeness (QED) is 0.853. The van der Waals surface area contributed by atoms with Gasteiger partial charge in [-0.15, -0.1) is 0 Å². The number of rotatable bonds is 6. The highest BCUT2D eigenvalue weighted by Crippen LogP contribution is 2.29. The summed E-state index contributed by atoms with van der Waals surface area (Å²) in [6, 6.07) is 11.9. The summed E-state index contributed by atoms with van der Waals surface area (Å²) in [6.45, 7) is 1.77. The summed E-state index contributed by atoms with van der Waals surface area (Å²) in [5.74, 6) is 0.725. The lowest BCUT2D eigenvalue weighted by Gasteiger charge is -2.12. The number of nitrogens with one attached hydrogen (secondary N) is 2. The maximum atomic E-state index is 12.4. The van der Waals surface area contributed by atoms with E-state index in [1.54, 1.807) is 56.5 Å². The molecule has 0 saturated carbocycles. The lowest BCUT2D eigenvalue weighted by molar-refractivity contribution is -0.115. The molecule has 0 saturated heterocycles. The summed E-state index contributed by atoms with van der Waals surface area (Å²) in [7, 11) is 3.08. The Labute approximate surface area is 140 Å². The third-order valence-corrected chi connectivity index (χ3v) is 3.39. The molecular formula is C18H20N2O4. The molecule has 2 N–H and O–H groups in total. The van der Waals surface area contributed by atoms with Crippen LogP contribution in [0, 0.1) is 0 Å². The summed E-state index contributed by atoms with van der Waals surface area (Å²) in [6.07, 6.45) is 0.374. The summed E-state index contributed by atoms with van der Waals surface area (Å²) in [5.41, 5.74) is 1.55. The third kappa shape index (κ3) is 4.25. The zero-order valence-electron chi connectivity index (χ0n) is 13.9. The number of amides is 2. The van der Waals surface area contributed by atoms with Crippen molar-refractivity contribution in [2.75, 3.05) is 24.9 Å². The normalized spacial score (nSPS) is 9.96. The van der Waals surface area contributed by atoms with Crippen LogP contribution in [-0.2, 0) is 4.79 Å². The molecule has 2 rings (SSSR count). The van der Waals surface area contributed by atoms with Crippen molar-refractivity contribution in [3.63, 3.8) is 0 Å². The van der Waals surface area contributed by atoms with Crippen molar-refractivity contribution in [3.05, 3.63) is 48.0 Å². The van der Waals surface area contributed by atoms with Crippen molar-refractivity contribution < 1.29 is 19.1 Å². The molecule has 2 aromatic carbocycles. The number of anilines is 2. The van der Waals surface area contributed by atoms with E-state index in [1.165, 1.54) is 7.11 Å². The van der Waals surface area contributed by atoms with E-state index in [9.17, 15) is 9.59 Å². The fourth-order valence-electron chi connectivity index (χ4n) is 2.08. The molecule has 0 aromatic heterocycles. The number of carbonyl (C=O) groups is 2. The van der Waals surface area contributed by atoms with Crippen molar-refractivity contribution in [2.24, 2.45) is 0 Å². The topological polar surface area (TPSA) is 76.7 Å². The Bertz CT molecular complexity index is 744. The molecule has 0 aliphatic carbocycles. The van der Waals surface area contributed by atoms with E-state index in [1.807, 2.05) is 0 Å². The van der Waals surface area contributed by atoms with Crippen LogP contribution in [0.4, 0.5) is 11.4 Å². The van der Waals surface area contributed by atoms with Crippen LogP contribution in [0.25, 0.3) is 0 Å². The largest absolute Gasteiger partial charge is 0.497 e. The molecule has 0 unspecified atom stereocenters. The number of hydrogen-bond acceptors (Lipinski definition) is 4.